The van der Waals surface area contributed by atoms with Crippen molar-refractivity contribution >= 4 is 32.7 Å². The summed E-state index contributed by atoms with van der Waals surface area (Å²) in [6.07, 6.45) is 0. The van der Waals surface area contributed by atoms with Crippen LogP contribution in [0.4, 0.5) is 0 Å². The van der Waals surface area contributed by atoms with E-state index in [0.29, 0.717) is 17.5 Å². The Bertz CT molecular complexity index is 2200. The SMILES string of the molecule is c1ccc(-c2cccc(-c3nc(-c4ccccc4)nc(-c4ccc5ccc6c7ccccc7oc6c5c4)n3)c2)cc1. The fourth-order valence-electron chi connectivity index (χ4n) is 5.46. The molecule has 41 heavy (non-hydrogen) atoms. The van der Waals surface area contributed by atoms with Gasteiger partial charge < -0.3 is 4.42 Å². The average molecular weight is 526 g/mol. The molecule has 2 aromatic heterocycles. The van der Waals surface area contributed by atoms with E-state index in [9.17, 15) is 0 Å². The Morgan fingerprint density at radius 2 is 0.951 bits per heavy atom. The topological polar surface area (TPSA) is 51.8 Å². The van der Waals surface area contributed by atoms with Gasteiger partial charge in [-0.25, -0.2) is 15.0 Å². The maximum atomic E-state index is 6.34. The molecule has 6 aromatic carbocycles. The van der Waals surface area contributed by atoms with Crippen LogP contribution in [0.15, 0.2) is 144 Å². The van der Waals surface area contributed by atoms with E-state index < -0.39 is 0 Å². The van der Waals surface area contributed by atoms with Crippen LogP contribution in [0, 0.1) is 0 Å². The van der Waals surface area contributed by atoms with Crippen LogP contribution in [0.5, 0.6) is 0 Å². The normalized spacial score (nSPS) is 11.4. The third-order valence-corrected chi connectivity index (χ3v) is 7.51. The molecule has 0 unspecified atom stereocenters. The van der Waals surface area contributed by atoms with Crippen LogP contribution < -0.4 is 0 Å². The van der Waals surface area contributed by atoms with Gasteiger partial charge in [0.2, 0.25) is 0 Å². The van der Waals surface area contributed by atoms with E-state index in [0.717, 1.165) is 60.5 Å². The molecule has 0 fully saturated rings. The zero-order chi connectivity index (χ0) is 27.2. The molecule has 0 saturated heterocycles. The number of para-hydroxylation sites is 1. The molecular formula is C37H23N3O. The first-order valence-electron chi connectivity index (χ1n) is 13.6. The van der Waals surface area contributed by atoms with Gasteiger partial charge in [0, 0.05) is 32.8 Å². The molecule has 192 valence electrons. The van der Waals surface area contributed by atoms with Crippen LogP contribution in [0.3, 0.4) is 0 Å². The molecule has 0 bridgehead atoms. The first-order chi connectivity index (χ1) is 20.3. The standard InChI is InChI=1S/C37H23N3O/c1-3-10-24(11-4-1)27-14-9-15-28(22-27)36-38-35(26-12-5-2-6-13-26)39-37(40-36)29-19-18-25-20-21-31-30-16-7-8-17-33(30)41-34(31)32(25)23-29/h1-23H. The van der Waals surface area contributed by atoms with Crippen molar-refractivity contribution < 1.29 is 4.42 Å². The molecule has 8 rings (SSSR count). The van der Waals surface area contributed by atoms with Crippen molar-refractivity contribution in [2.24, 2.45) is 0 Å². The highest BCUT2D eigenvalue weighted by Crippen LogP contribution is 2.36. The van der Waals surface area contributed by atoms with E-state index in [1.807, 2.05) is 54.6 Å². The van der Waals surface area contributed by atoms with Gasteiger partial charge in [-0.15, -0.1) is 0 Å². The van der Waals surface area contributed by atoms with Crippen molar-refractivity contribution in [1.82, 2.24) is 15.0 Å². The number of nitrogens with zero attached hydrogens (tertiary/aromatic N) is 3. The molecule has 8 aromatic rings. The van der Waals surface area contributed by atoms with Crippen molar-refractivity contribution in [2.75, 3.05) is 0 Å². The van der Waals surface area contributed by atoms with E-state index in [-0.39, 0.29) is 0 Å². The summed E-state index contributed by atoms with van der Waals surface area (Å²) in [6.45, 7) is 0. The van der Waals surface area contributed by atoms with Crippen LogP contribution >= 0.6 is 0 Å². The Morgan fingerprint density at radius 1 is 0.366 bits per heavy atom. The van der Waals surface area contributed by atoms with Crippen LogP contribution in [-0.2, 0) is 0 Å². The van der Waals surface area contributed by atoms with Gasteiger partial charge in [-0.1, -0.05) is 115 Å². The number of benzene rings is 6. The highest BCUT2D eigenvalue weighted by Gasteiger charge is 2.15. The third kappa shape index (κ3) is 4.14. The summed E-state index contributed by atoms with van der Waals surface area (Å²) in [5, 5.41) is 4.35. The zero-order valence-electron chi connectivity index (χ0n) is 22.0. The Balaban J connectivity index is 1.33. The van der Waals surface area contributed by atoms with Gasteiger partial charge in [-0.3, -0.25) is 0 Å². The smallest absolute Gasteiger partial charge is 0.164 e. The average Bonchev–Trinajstić information content (AvgIpc) is 3.45. The van der Waals surface area contributed by atoms with Gasteiger partial charge in [-0.2, -0.15) is 0 Å². The summed E-state index contributed by atoms with van der Waals surface area (Å²) in [7, 11) is 0. The van der Waals surface area contributed by atoms with Crippen LogP contribution in [0.2, 0.25) is 0 Å². The summed E-state index contributed by atoms with van der Waals surface area (Å²) in [5.74, 6) is 1.89. The maximum Gasteiger partial charge on any atom is 0.164 e. The number of furan rings is 1. The van der Waals surface area contributed by atoms with E-state index in [4.69, 9.17) is 19.4 Å². The van der Waals surface area contributed by atoms with Crippen molar-refractivity contribution in [1.29, 1.82) is 0 Å². The predicted molar refractivity (Wildman–Crippen MR) is 166 cm³/mol. The Labute approximate surface area is 236 Å². The second-order valence-corrected chi connectivity index (χ2v) is 10.1. The van der Waals surface area contributed by atoms with E-state index in [1.165, 1.54) is 0 Å². The Kier molecular flexibility index (Phi) is 5.42. The lowest BCUT2D eigenvalue weighted by molar-refractivity contribution is 0.672. The van der Waals surface area contributed by atoms with E-state index in [2.05, 4.69) is 84.9 Å². The molecule has 0 amide bonds. The number of hydrogen-bond acceptors (Lipinski definition) is 4. The molecule has 2 heterocycles. The van der Waals surface area contributed by atoms with Gasteiger partial charge in [0.1, 0.15) is 11.2 Å². The lowest BCUT2D eigenvalue weighted by atomic mass is 10.0. The third-order valence-electron chi connectivity index (χ3n) is 7.51. The highest BCUT2D eigenvalue weighted by atomic mass is 16.3. The largest absolute Gasteiger partial charge is 0.455 e. The van der Waals surface area contributed by atoms with Crippen LogP contribution in [0.1, 0.15) is 0 Å². The summed E-state index contributed by atoms with van der Waals surface area (Å²) >= 11 is 0. The van der Waals surface area contributed by atoms with Gasteiger partial charge in [0.05, 0.1) is 0 Å². The number of fused-ring (bicyclic) bond motifs is 5. The highest BCUT2D eigenvalue weighted by molar-refractivity contribution is 6.15. The minimum Gasteiger partial charge on any atom is -0.455 e. The second-order valence-electron chi connectivity index (χ2n) is 10.1. The Hall–Kier alpha value is -5.61. The van der Waals surface area contributed by atoms with Gasteiger partial charge >= 0.3 is 0 Å². The summed E-state index contributed by atoms with van der Waals surface area (Å²) in [4.78, 5) is 14.9. The molecule has 0 radical (unpaired) electrons. The monoisotopic (exact) mass is 525 g/mol. The lowest BCUT2D eigenvalue weighted by Gasteiger charge is -2.10. The fraction of sp³-hybridized carbons (Fsp3) is 0. The fourth-order valence-corrected chi connectivity index (χ4v) is 5.46. The zero-order valence-corrected chi connectivity index (χ0v) is 22.0. The van der Waals surface area contributed by atoms with Crippen molar-refractivity contribution in [3.8, 4) is 45.3 Å². The molecule has 4 heteroatoms. The van der Waals surface area contributed by atoms with E-state index >= 15 is 0 Å². The Morgan fingerprint density at radius 3 is 1.73 bits per heavy atom. The molecule has 4 nitrogen and oxygen atoms in total. The summed E-state index contributed by atoms with van der Waals surface area (Å²) < 4.78 is 6.34. The quantitative estimate of drug-likeness (QED) is 0.230. The van der Waals surface area contributed by atoms with Crippen LogP contribution in [-0.4, -0.2) is 15.0 Å². The molecule has 0 aliphatic heterocycles. The molecule has 0 atom stereocenters. The van der Waals surface area contributed by atoms with Crippen molar-refractivity contribution in [2.45, 2.75) is 0 Å². The van der Waals surface area contributed by atoms with Crippen LogP contribution in [0.25, 0.3) is 78.0 Å². The lowest BCUT2D eigenvalue weighted by Crippen LogP contribution is -2.00. The summed E-state index contributed by atoms with van der Waals surface area (Å²) in [6, 6.07) is 47.5. The molecule has 0 aliphatic rings. The minimum absolute atomic E-state index is 0.619. The second kappa shape index (κ2) is 9.54. The molecule has 0 N–H and O–H groups in total. The maximum absolute atomic E-state index is 6.34. The van der Waals surface area contributed by atoms with Gasteiger partial charge in [0.15, 0.2) is 17.5 Å². The molecule has 0 saturated carbocycles. The number of aromatic nitrogens is 3. The predicted octanol–water partition coefficient (Wildman–Crippen LogP) is 9.59. The van der Waals surface area contributed by atoms with E-state index in [1.54, 1.807) is 0 Å². The number of hydrogen-bond donors (Lipinski definition) is 0. The van der Waals surface area contributed by atoms with Gasteiger partial charge in [0.25, 0.3) is 0 Å². The molecule has 0 aliphatic carbocycles. The van der Waals surface area contributed by atoms with Gasteiger partial charge in [-0.05, 0) is 40.8 Å². The first kappa shape index (κ1) is 23.3. The van der Waals surface area contributed by atoms with Crippen molar-refractivity contribution in [3.05, 3.63) is 140 Å². The molecule has 0 spiro atoms. The first-order valence-corrected chi connectivity index (χ1v) is 13.6. The molecular weight excluding hydrogens is 502 g/mol. The minimum atomic E-state index is 0.619. The van der Waals surface area contributed by atoms with Crippen molar-refractivity contribution in [3.63, 3.8) is 0 Å². The summed E-state index contributed by atoms with van der Waals surface area (Å²) in [5.41, 5.74) is 6.81. The number of rotatable bonds is 4.